The zero-order valence-corrected chi connectivity index (χ0v) is 9.73. The summed E-state index contributed by atoms with van der Waals surface area (Å²) in [6, 6.07) is 5.32. The minimum absolute atomic E-state index is 0.0906. The van der Waals surface area contributed by atoms with Crippen molar-refractivity contribution in [3.63, 3.8) is 0 Å². The van der Waals surface area contributed by atoms with E-state index in [1.165, 1.54) is 6.08 Å². The van der Waals surface area contributed by atoms with E-state index in [9.17, 15) is 9.59 Å². The Labute approximate surface area is 98.0 Å². The monoisotopic (exact) mass is 231 g/mol. The van der Waals surface area contributed by atoms with E-state index in [4.69, 9.17) is 0 Å². The maximum atomic E-state index is 11.7. The van der Waals surface area contributed by atoms with E-state index < -0.39 is 0 Å². The molecule has 88 valence electrons. The minimum Gasteiger partial charge on any atom is -0.322 e. The van der Waals surface area contributed by atoms with Gasteiger partial charge < -0.3 is 5.32 Å². The van der Waals surface area contributed by atoms with Crippen molar-refractivity contribution in [3.8, 4) is 0 Å². The smallest absolute Gasteiger partial charge is 0.322 e. The van der Waals surface area contributed by atoms with Gasteiger partial charge in [-0.05, 0) is 24.3 Å². The third-order valence-electron chi connectivity index (χ3n) is 2.72. The molecule has 5 nitrogen and oxygen atoms in total. The number of carbonyl (C=O) groups is 1. The number of imidazole rings is 1. The molecule has 0 saturated carbocycles. The highest BCUT2D eigenvalue weighted by Crippen LogP contribution is 2.17. The second-order valence-electron chi connectivity index (χ2n) is 3.80. The molecule has 0 aliphatic rings. The number of hydrogen-bond acceptors (Lipinski definition) is 2. The van der Waals surface area contributed by atoms with Gasteiger partial charge in [-0.1, -0.05) is 6.58 Å². The Morgan fingerprint density at radius 1 is 1.29 bits per heavy atom. The number of hydrogen-bond donors (Lipinski definition) is 1. The summed E-state index contributed by atoms with van der Waals surface area (Å²) in [5, 5.41) is 2.66. The molecule has 0 aliphatic heterocycles. The van der Waals surface area contributed by atoms with Crippen molar-refractivity contribution >= 4 is 22.6 Å². The molecule has 1 aromatic carbocycles. The van der Waals surface area contributed by atoms with Crippen LogP contribution < -0.4 is 11.0 Å². The Morgan fingerprint density at radius 2 is 1.94 bits per heavy atom. The Balaban J connectivity index is 2.58. The molecular formula is C12H13N3O2. The molecule has 1 N–H and O–H groups in total. The van der Waals surface area contributed by atoms with E-state index in [2.05, 4.69) is 11.9 Å². The largest absolute Gasteiger partial charge is 0.328 e. The van der Waals surface area contributed by atoms with Crippen LogP contribution in [0.2, 0.25) is 0 Å². The van der Waals surface area contributed by atoms with Crippen LogP contribution in [-0.2, 0) is 18.9 Å². The first-order chi connectivity index (χ1) is 8.04. The molecule has 0 saturated heterocycles. The van der Waals surface area contributed by atoms with Gasteiger partial charge in [-0.3, -0.25) is 13.9 Å². The Hall–Kier alpha value is -2.30. The first-order valence-electron chi connectivity index (χ1n) is 5.13. The Kier molecular flexibility index (Phi) is 2.59. The number of carbonyl (C=O) groups excluding carboxylic acids is 1. The molecule has 0 radical (unpaired) electrons. The standard InChI is InChI=1S/C12H13N3O2/c1-4-11(16)13-8-5-6-9-10(7-8)15(3)12(17)14(9)2/h4-7H,1H2,2-3H3,(H,13,16). The fourth-order valence-electron chi connectivity index (χ4n) is 1.78. The van der Waals surface area contributed by atoms with Crippen LogP contribution in [0.15, 0.2) is 35.6 Å². The fraction of sp³-hybridized carbons (Fsp3) is 0.167. The van der Waals surface area contributed by atoms with Crippen LogP contribution in [0.5, 0.6) is 0 Å². The number of nitrogens with one attached hydrogen (secondary N) is 1. The van der Waals surface area contributed by atoms with Crippen LogP contribution in [0.1, 0.15) is 0 Å². The minimum atomic E-state index is -0.273. The van der Waals surface area contributed by atoms with Crippen LogP contribution in [-0.4, -0.2) is 15.0 Å². The number of benzene rings is 1. The fourth-order valence-corrected chi connectivity index (χ4v) is 1.78. The zero-order chi connectivity index (χ0) is 12.6. The van der Waals surface area contributed by atoms with E-state index in [1.54, 1.807) is 41.4 Å². The molecule has 1 amide bonds. The molecule has 1 heterocycles. The number of anilines is 1. The molecule has 5 heteroatoms. The Morgan fingerprint density at radius 3 is 2.59 bits per heavy atom. The maximum Gasteiger partial charge on any atom is 0.328 e. The van der Waals surface area contributed by atoms with Gasteiger partial charge in [-0.2, -0.15) is 0 Å². The summed E-state index contributed by atoms with van der Waals surface area (Å²) < 4.78 is 3.10. The lowest BCUT2D eigenvalue weighted by Crippen LogP contribution is -2.19. The van der Waals surface area contributed by atoms with Gasteiger partial charge in [-0.25, -0.2) is 4.79 Å². The van der Waals surface area contributed by atoms with Gasteiger partial charge in [0.25, 0.3) is 0 Å². The van der Waals surface area contributed by atoms with Gasteiger partial charge in [0, 0.05) is 19.8 Å². The van der Waals surface area contributed by atoms with Crippen LogP contribution in [0.4, 0.5) is 5.69 Å². The summed E-state index contributed by atoms with van der Waals surface area (Å²) in [7, 11) is 3.41. The van der Waals surface area contributed by atoms with Gasteiger partial charge in [0.1, 0.15) is 0 Å². The van der Waals surface area contributed by atoms with E-state index in [0.717, 1.165) is 11.0 Å². The molecule has 2 rings (SSSR count). The predicted molar refractivity (Wildman–Crippen MR) is 67.0 cm³/mol. The second kappa shape index (κ2) is 3.93. The summed E-state index contributed by atoms with van der Waals surface area (Å²) in [5.74, 6) is -0.273. The van der Waals surface area contributed by atoms with Gasteiger partial charge in [-0.15, -0.1) is 0 Å². The van der Waals surface area contributed by atoms with Crippen molar-refractivity contribution in [3.05, 3.63) is 41.3 Å². The highest BCUT2D eigenvalue weighted by atomic mass is 16.2. The maximum absolute atomic E-state index is 11.7. The topological polar surface area (TPSA) is 56.0 Å². The zero-order valence-electron chi connectivity index (χ0n) is 9.73. The van der Waals surface area contributed by atoms with Crippen molar-refractivity contribution < 1.29 is 4.79 Å². The predicted octanol–water partition coefficient (Wildman–Crippen LogP) is 1.00. The molecule has 0 atom stereocenters. The molecule has 0 fully saturated rings. The van der Waals surface area contributed by atoms with E-state index in [-0.39, 0.29) is 11.6 Å². The number of rotatable bonds is 2. The lowest BCUT2D eigenvalue weighted by Gasteiger charge is -2.02. The molecule has 0 bridgehead atoms. The molecular weight excluding hydrogens is 218 g/mol. The highest BCUT2D eigenvalue weighted by Gasteiger charge is 2.08. The van der Waals surface area contributed by atoms with E-state index >= 15 is 0 Å². The second-order valence-corrected chi connectivity index (χ2v) is 3.80. The summed E-state index contributed by atoms with van der Waals surface area (Å²) in [5.41, 5.74) is 2.16. The normalized spacial score (nSPS) is 10.5. The van der Waals surface area contributed by atoms with Crippen molar-refractivity contribution in [1.82, 2.24) is 9.13 Å². The van der Waals surface area contributed by atoms with E-state index in [0.29, 0.717) is 5.69 Å². The summed E-state index contributed by atoms with van der Waals surface area (Å²) >= 11 is 0. The summed E-state index contributed by atoms with van der Waals surface area (Å²) in [4.78, 5) is 22.9. The number of aromatic nitrogens is 2. The average molecular weight is 231 g/mol. The summed E-state index contributed by atoms with van der Waals surface area (Å²) in [6.45, 7) is 3.38. The lowest BCUT2D eigenvalue weighted by atomic mass is 10.2. The van der Waals surface area contributed by atoms with Crippen molar-refractivity contribution in [2.24, 2.45) is 14.1 Å². The van der Waals surface area contributed by atoms with Crippen LogP contribution in [0.25, 0.3) is 11.0 Å². The van der Waals surface area contributed by atoms with Gasteiger partial charge >= 0.3 is 5.69 Å². The lowest BCUT2D eigenvalue weighted by molar-refractivity contribution is -0.111. The van der Waals surface area contributed by atoms with Gasteiger partial charge in [0.2, 0.25) is 5.91 Å². The first kappa shape index (κ1) is 11.2. The van der Waals surface area contributed by atoms with Gasteiger partial charge in [0.15, 0.2) is 0 Å². The van der Waals surface area contributed by atoms with Crippen LogP contribution >= 0.6 is 0 Å². The molecule has 2 aromatic rings. The van der Waals surface area contributed by atoms with Crippen molar-refractivity contribution in [2.45, 2.75) is 0 Å². The summed E-state index contributed by atoms with van der Waals surface area (Å²) in [6.07, 6.45) is 1.20. The molecule has 0 unspecified atom stereocenters. The number of aryl methyl sites for hydroxylation is 2. The highest BCUT2D eigenvalue weighted by molar-refractivity contribution is 6.00. The molecule has 1 aromatic heterocycles. The third kappa shape index (κ3) is 1.75. The number of amides is 1. The molecule has 17 heavy (non-hydrogen) atoms. The van der Waals surface area contributed by atoms with Crippen molar-refractivity contribution in [1.29, 1.82) is 0 Å². The Bertz CT molecular complexity index is 664. The van der Waals surface area contributed by atoms with Crippen molar-refractivity contribution in [2.75, 3.05) is 5.32 Å². The van der Waals surface area contributed by atoms with Crippen LogP contribution in [0.3, 0.4) is 0 Å². The SMILES string of the molecule is C=CC(=O)Nc1ccc2c(c1)n(C)c(=O)n2C. The molecule has 0 aliphatic carbocycles. The third-order valence-corrected chi connectivity index (χ3v) is 2.72. The quantitative estimate of drug-likeness (QED) is 0.784. The molecule has 0 spiro atoms. The first-order valence-corrected chi connectivity index (χ1v) is 5.13. The number of nitrogens with zero attached hydrogens (tertiary/aromatic N) is 2. The average Bonchev–Trinajstić information content (AvgIpc) is 2.54. The number of fused-ring (bicyclic) bond motifs is 1. The van der Waals surface area contributed by atoms with E-state index in [1.807, 2.05) is 0 Å². The van der Waals surface area contributed by atoms with Gasteiger partial charge in [0.05, 0.1) is 11.0 Å². The van der Waals surface area contributed by atoms with Crippen LogP contribution in [0, 0.1) is 0 Å².